The van der Waals surface area contributed by atoms with E-state index in [9.17, 15) is 0 Å². The molecule has 0 spiro atoms. The van der Waals surface area contributed by atoms with Gasteiger partial charge in [0.05, 0.1) is 0 Å². The fourth-order valence-corrected chi connectivity index (χ4v) is 1.59. The first kappa shape index (κ1) is 13.3. The van der Waals surface area contributed by atoms with Crippen molar-refractivity contribution in [1.82, 2.24) is 4.57 Å². The number of nitrogens with zero attached hydrogens (tertiary/aromatic N) is 1. The predicted molar refractivity (Wildman–Crippen MR) is 64.5 cm³/mol. The lowest BCUT2D eigenvalue weighted by molar-refractivity contribution is 0.559. The third-order valence-corrected chi connectivity index (χ3v) is 2.44. The molecule has 0 atom stereocenters. The van der Waals surface area contributed by atoms with Crippen LogP contribution >= 0.6 is 0 Å². The Bertz CT molecular complexity index is 189. The van der Waals surface area contributed by atoms with E-state index in [1.165, 1.54) is 45.1 Å². The van der Waals surface area contributed by atoms with Gasteiger partial charge in [-0.1, -0.05) is 46.5 Å². The molecule has 0 aromatic carbocycles. The van der Waals surface area contributed by atoms with Gasteiger partial charge in [-0.15, -0.1) is 0 Å². The predicted octanol–water partition coefficient (Wildman–Crippen LogP) is 4.48. The molecule has 1 rings (SSSR count). The highest BCUT2D eigenvalue weighted by molar-refractivity contribution is 4.89. The van der Waals surface area contributed by atoms with Crippen molar-refractivity contribution in [1.29, 1.82) is 0 Å². The Hall–Kier alpha value is -0.720. The van der Waals surface area contributed by atoms with Crippen LogP contribution in [0.1, 0.15) is 52.9 Å². The number of rotatable bonds is 7. The van der Waals surface area contributed by atoms with Gasteiger partial charge in [0.2, 0.25) is 0 Å². The standard InChI is InChI=1S/C12H21N.CH4/c1-2-3-4-5-6-7-10-13-11-8-9-12-13;/h8-9,11-12H,2-7,10H2,1H3;1H4. The number of aryl methyl sites for hydroxylation is 1. The van der Waals surface area contributed by atoms with Crippen LogP contribution in [0, 0.1) is 0 Å². The zero-order chi connectivity index (χ0) is 9.36. The molecule has 1 heteroatoms. The van der Waals surface area contributed by atoms with Gasteiger partial charge in [0.15, 0.2) is 0 Å². The van der Waals surface area contributed by atoms with Crippen LogP contribution in [0.3, 0.4) is 0 Å². The molecular weight excluding hydrogens is 170 g/mol. The monoisotopic (exact) mass is 195 g/mol. The Balaban J connectivity index is 0.00000169. The summed E-state index contributed by atoms with van der Waals surface area (Å²) in [6.07, 6.45) is 12.6. The molecule has 0 radical (unpaired) electrons. The summed E-state index contributed by atoms with van der Waals surface area (Å²) in [6, 6.07) is 4.19. The highest BCUT2D eigenvalue weighted by Crippen LogP contribution is 2.06. The second-order valence-corrected chi connectivity index (χ2v) is 3.69. The van der Waals surface area contributed by atoms with Gasteiger partial charge in [0.25, 0.3) is 0 Å². The van der Waals surface area contributed by atoms with Crippen molar-refractivity contribution in [3.8, 4) is 0 Å². The zero-order valence-electron chi connectivity index (χ0n) is 8.71. The SMILES string of the molecule is C.CCCCCCCCn1cccc1. The molecule has 82 valence electrons. The number of unbranched alkanes of at least 4 members (excludes halogenated alkanes) is 5. The van der Waals surface area contributed by atoms with E-state index in [1.54, 1.807) is 0 Å². The van der Waals surface area contributed by atoms with E-state index >= 15 is 0 Å². The van der Waals surface area contributed by atoms with Gasteiger partial charge < -0.3 is 4.57 Å². The van der Waals surface area contributed by atoms with E-state index in [2.05, 4.69) is 36.0 Å². The lowest BCUT2D eigenvalue weighted by Crippen LogP contribution is -1.93. The minimum Gasteiger partial charge on any atom is -0.354 e. The van der Waals surface area contributed by atoms with E-state index in [0.717, 1.165) is 0 Å². The second-order valence-electron chi connectivity index (χ2n) is 3.69. The minimum atomic E-state index is 0. The molecule has 1 aromatic rings. The molecule has 0 saturated heterocycles. The summed E-state index contributed by atoms with van der Waals surface area (Å²) in [7, 11) is 0. The zero-order valence-corrected chi connectivity index (χ0v) is 8.71. The van der Waals surface area contributed by atoms with Gasteiger partial charge in [-0.3, -0.25) is 0 Å². The van der Waals surface area contributed by atoms with Crippen LogP contribution in [0.5, 0.6) is 0 Å². The van der Waals surface area contributed by atoms with Crippen LogP contribution in [0.2, 0.25) is 0 Å². The summed E-state index contributed by atoms with van der Waals surface area (Å²) in [4.78, 5) is 0. The second kappa shape index (κ2) is 8.86. The topological polar surface area (TPSA) is 4.93 Å². The first-order valence-electron chi connectivity index (χ1n) is 5.54. The van der Waals surface area contributed by atoms with Crippen LogP contribution in [0.25, 0.3) is 0 Å². The fourth-order valence-electron chi connectivity index (χ4n) is 1.59. The normalized spacial score (nSPS) is 9.79. The van der Waals surface area contributed by atoms with E-state index in [4.69, 9.17) is 0 Å². The van der Waals surface area contributed by atoms with Crippen LogP contribution < -0.4 is 0 Å². The van der Waals surface area contributed by atoms with Crippen molar-refractivity contribution in [3.05, 3.63) is 24.5 Å². The lowest BCUT2D eigenvalue weighted by atomic mass is 10.1. The quantitative estimate of drug-likeness (QED) is 0.565. The smallest absolute Gasteiger partial charge is 0.0219 e. The van der Waals surface area contributed by atoms with Crippen molar-refractivity contribution >= 4 is 0 Å². The Labute approximate surface area is 89.1 Å². The van der Waals surface area contributed by atoms with Crippen molar-refractivity contribution in [2.24, 2.45) is 0 Å². The highest BCUT2D eigenvalue weighted by atomic mass is 14.9. The fraction of sp³-hybridized carbons (Fsp3) is 0.692. The minimum absolute atomic E-state index is 0. The summed E-state index contributed by atoms with van der Waals surface area (Å²) in [6.45, 7) is 3.46. The van der Waals surface area contributed by atoms with Crippen LogP contribution in [-0.4, -0.2) is 4.57 Å². The van der Waals surface area contributed by atoms with Crippen molar-refractivity contribution in [3.63, 3.8) is 0 Å². The molecule has 1 heterocycles. The van der Waals surface area contributed by atoms with E-state index in [-0.39, 0.29) is 7.43 Å². The Morgan fingerprint density at radius 1 is 0.857 bits per heavy atom. The molecule has 0 amide bonds. The summed E-state index contributed by atoms with van der Waals surface area (Å²) in [5, 5.41) is 0. The Kier molecular flexibility index (Phi) is 8.40. The maximum atomic E-state index is 2.26. The van der Waals surface area contributed by atoms with Gasteiger partial charge >= 0.3 is 0 Å². The van der Waals surface area contributed by atoms with Gasteiger partial charge in [-0.25, -0.2) is 0 Å². The molecular formula is C13H25N. The van der Waals surface area contributed by atoms with Crippen LogP contribution in [-0.2, 0) is 6.54 Å². The van der Waals surface area contributed by atoms with Crippen molar-refractivity contribution in [2.75, 3.05) is 0 Å². The molecule has 0 N–H and O–H groups in total. The maximum absolute atomic E-state index is 2.26. The molecule has 0 unspecified atom stereocenters. The van der Waals surface area contributed by atoms with Gasteiger partial charge in [-0.2, -0.15) is 0 Å². The third-order valence-electron chi connectivity index (χ3n) is 2.44. The average molecular weight is 195 g/mol. The van der Waals surface area contributed by atoms with E-state index < -0.39 is 0 Å². The molecule has 0 aliphatic rings. The number of hydrogen-bond donors (Lipinski definition) is 0. The molecule has 1 nitrogen and oxygen atoms in total. The Morgan fingerprint density at radius 2 is 1.43 bits per heavy atom. The Morgan fingerprint density at radius 3 is 2.07 bits per heavy atom. The molecule has 0 aliphatic carbocycles. The van der Waals surface area contributed by atoms with E-state index in [1.807, 2.05) is 0 Å². The van der Waals surface area contributed by atoms with Crippen molar-refractivity contribution < 1.29 is 0 Å². The molecule has 1 aromatic heterocycles. The van der Waals surface area contributed by atoms with Gasteiger partial charge in [0, 0.05) is 18.9 Å². The average Bonchev–Trinajstić information content (AvgIpc) is 2.63. The summed E-state index contributed by atoms with van der Waals surface area (Å²) < 4.78 is 2.26. The summed E-state index contributed by atoms with van der Waals surface area (Å²) in [5.41, 5.74) is 0. The third kappa shape index (κ3) is 5.85. The summed E-state index contributed by atoms with van der Waals surface area (Å²) >= 11 is 0. The number of aromatic nitrogens is 1. The van der Waals surface area contributed by atoms with Crippen LogP contribution in [0.4, 0.5) is 0 Å². The first-order chi connectivity index (χ1) is 6.43. The van der Waals surface area contributed by atoms with Gasteiger partial charge in [-0.05, 0) is 18.6 Å². The largest absolute Gasteiger partial charge is 0.354 e. The molecule has 0 aliphatic heterocycles. The maximum Gasteiger partial charge on any atom is 0.0219 e. The number of hydrogen-bond acceptors (Lipinski definition) is 0. The molecule has 0 fully saturated rings. The van der Waals surface area contributed by atoms with Crippen LogP contribution in [0.15, 0.2) is 24.5 Å². The van der Waals surface area contributed by atoms with E-state index in [0.29, 0.717) is 0 Å². The first-order valence-corrected chi connectivity index (χ1v) is 5.54. The lowest BCUT2D eigenvalue weighted by Gasteiger charge is -2.02. The molecule has 14 heavy (non-hydrogen) atoms. The summed E-state index contributed by atoms with van der Waals surface area (Å²) in [5.74, 6) is 0. The van der Waals surface area contributed by atoms with Crippen molar-refractivity contribution in [2.45, 2.75) is 59.4 Å². The molecule has 0 saturated carbocycles. The van der Waals surface area contributed by atoms with Gasteiger partial charge in [0.1, 0.15) is 0 Å². The highest BCUT2D eigenvalue weighted by Gasteiger charge is 1.90. The molecule has 0 bridgehead atoms.